The minimum atomic E-state index is 0.342. The molecule has 2 aromatic rings. The lowest BCUT2D eigenvalue weighted by atomic mass is 10.2. The first-order valence-electron chi connectivity index (χ1n) is 6.26. The van der Waals surface area contributed by atoms with E-state index in [1.54, 1.807) is 0 Å². The molecule has 0 bridgehead atoms. The molecule has 0 aliphatic rings. The molecule has 2 rings (SSSR count). The number of thioether (sulfide) groups is 2. The molecular formula is C16H16N2S2. The van der Waals surface area contributed by atoms with Gasteiger partial charge in [0.25, 0.3) is 0 Å². The maximum absolute atomic E-state index is 7.93. The van der Waals surface area contributed by atoms with Gasteiger partial charge in [0.05, 0.1) is 0 Å². The van der Waals surface area contributed by atoms with Crippen molar-refractivity contribution in [2.24, 2.45) is 0 Å². The van der Waals surface area contributed by atoms with Gasteiger partial charge >= 0.3 is 0 Å². The van der Waals surface area contributed by atoms with E-state index in [9.17, 15) is 0 Å². The maximum atomic E-state index is 7.93. The molecule has 0 radical (unpaired) electrons. The van der Waals surface area contributed by atoms with Crippen molar-refractivity contribution in [3.63, 3.8) is 0 Å². The van der Waals surface area contributed by atoms with E-state index in [1.807, 2.05) is 60.7 Å². The summed E-state index contributed by atoms with van der Waals surface area (Å²) >= 11 is 2.82. The van der Waals surface area contributed by atoms with E-state index in [0.29, 0.717) is 10.1 Å². The van der Waals surface area contributed by atoms with Gasteiger partial charge in [-0.15, -0.1) is 0 Å². The second kappa shape index (κ2) is 7.92. The van der Waals surface area contributed by atoms with Gasteiger partial charge in [0.1, 0.15) is 10.1 Å². The van der Waals surface area contributed by atoms with Crippen LogP contribution < -0.4 is 0 Å². The smallest absolute Gasteiger partial charge is 0.119 e. The summed E-state index contributed by atoms with van der Waals surface area (Å²) in [5.74, 6) is 1.49. The summed E-state index contributed by atoms with van der Waals surface area (Å²) in [6.45, 7) is 0. The van der Waals surface area contributed by atoms with Crippen LogP contribution in [0.3, 0.4) is 0 Å². The number of rotatable bonds is 4. The molecule has 0 aromatic heterocycles. The number of benzene rings is 2. The van der Waals surface area contributed by atoms with Gasteiger partial charge in [0.2, 0.25) is 0 Å². The summed E-state index contributed by atoms with van der Waals surface area (Å²) in [5.41, 5.74) is 2.37. The molecular weight excluding hydrogens is 284 g/mol. The zero-order valence-electron chi connectivity index (χ0n) is 11.0. The lowest BCUT2D eigenvalue weighted by Crippen LogP contribution is -2.04. The molecule has 2 nitrogen and oxygen atoms in total. The van der Waals surface area contributed by atoms with Crippen LogP contribution in [0.15, 0.2) is 60.7 Å². The fourth-order valence-corrected chi connectivity index (χ4v) is 3.21. The fraction of sp³-hybridized carbons (Fsp3) is 0.125. The maximum Gasteiger partial charge on any atom is 0.119 e. The molecule has 20 heavy (non-hydrogen) atoms. The standard InChI is InChI=1S/C16H16N2S2/c17-15(19-11-13-7-3-1-4-8-13)16(18)20-12-14-9-5-2-6-10-14/h1-10,17-18H,11-12H2. The van der Waals surface area contributed by atoms with Crippen molar-refractivity contribution < 1.29 is 0 Å². The summed E-state index contributed by atoms with van der Waals surface area (Å²) in [7, 11) is 0. The Balaban J connectivity index is 1.76. The minimum Gasteiger partial charge on any atom is -0.292 e. The van der Waals surface area contributed by atoms with E-state index in [-0.39, 0.29) is 0 Å². The number of hydrogen-bond acceptors (Lipinski definition) is 4. The van der Waals surface area contributed by atoms with Gasteiger partial charge in [0.15, 0.2) is 0 Å². The number of hydrogen-bond donors (Lipinski definition) is 2. The summed E-state index contributed by atoms with van der Waals surface area (Å²) in [6.07, 6.45) is 0. The molecule has 2 N–H and O–H groups in total. The van der Waals surface area contributed by atoms with Gasteiger partial charge in [0, 0.05) is 11.5 Å². The molecule has 0 unspecified atom stereocenters. The quantitative estimate of drug-likeness (QED) is 0.629. The molecule has 0 saturated heterocycles. The van der Waals surface area contributed by atoms with Crippen molar-refractivity contribution in [2.45, 2.75) is 11.5 Å². The minimum absolute atomic E-state index is 0.342. The topological polar surface area (TPSA) is 47.7 Å². The highest BCUT2D eigenvalue weighted by molar-refractivity contribution is 8.24. The van der Waals surface area contributed by atoms with Crippen molar-refractivity contribution in [2.75, 3.05) is 0 Å². The van der Waals surface area contributed by atoms with Gasteiger partial charge in [-0.3, -0.25) is 10.8 Å². The van der Waals surface area contributed by atoms with Crippen LogP contribution in [0.4, 0.5) is 0 Å². The third kappa shape index (κ3) is 4.87. The van der Waals surface area contributed by atoms with Crippen LogP contribution in [0.1, 0.15) is 11.1 Å². The van der Waals surface area contributed by atoms with Gasteiger partial charge in [-0.1, -0.05) is 84.2 Å². The van der Waals surface area contributed by atoms with Crippen LogP contribution in [-0.2, 0) is 11.5 Å². The highest BCUT2D eigenvalue weighted by atomic mass is 32.2. The molecule has 0 aliphatic carbocycles. The van der Waals surface area contributed by atoms with Crippen molar-refractivity contribution in [1.82, 2.24) is 0 Å². The Kier molecular flexibility index (Phi) is 5.89. The normalized spacial score (nSPS) is 10.2. The third-order valence-corrected chi connectivity index (χ3v) is 4.73. The first-order chi connectivity index (χ1) is 9.75. The highest BCUT2D eigenvalue weighted by Gasteiger charge is 2.07. The molecule has 0 amide bonds. The lowest BCUT2D eigenvalue weighted by molar-refractivity contribution is 1.42. The van der Waals surface area contributed by atoms with Gasteiger partial charge in [-0.25, -0.2) is 0 Å². The van der Waals surface area contributed by atoms with Crippen LogP contribution in [0.2, 0.25) is 0 Å². The fourth-order valence-electron chi connectivity index (χ4n) is 1.59. The predicted molar refractivity (Wildman–Crippen MR) is 90.9 cm³/mol. The molecule has 102 valence electrons. The highest BCUT2D eigenvalue weighted by Crippen LogP contribution is 2.20. The first kappa shape index (κ1) is 14.9. The van der Waals surface area contributed by atoms with E-state index in [2.05, 4.69) is 0 Å². The van der Waals surface area contributed by atoms with E-state index < -0.39 is 0 Å². The first-order valence-corrected chi connectivity index (χ1v) is 8.24. The van der Waals surface area contributed by atoms with Crippen LogP contribution in [0.25, 0.3) is 0 Å². The second-order valence-corrected chi connectivity index (χ2v) is 6.18. The van der Waals surface area contributed by atoms with E-state index >= 15 is 0 Å². The predicted octanol–water partition coefficient (Wildman–Crippen LogP) is 4.81. The molecule has 0 saturated carbocycles. The summed E-state index contributed by atoms with van der Waals surface area (Å²) in [4.78, 5) is 0. The molecule has 4 heteroatoms. The van der Waals surface area contributed by atoms with Crippen molar-refractivity contribution >= 4 is 33.6 Å². The Labute approximate surface area is 128 Å². The summed E-state index contributed by atoms with van der Waals surface area (Å²) in [6, 6.07) is 20.1. The largest absolute Gasteiger partial charge is 0.292 e. The van der Waals surface area contributed by atoms with Crippen LogP contribution >= 0.6 is 23.5 Å². The molecule has 0 spiro atoms. The van der Waals surface area contributed by atoms with Crippen molar-refractivity contribution in [3.8, 4) is 0 Å². The zero-order valence-corrected chi connectivity index (χ0v) is 12.6. The summed E-state index contributed by atoms with van der Waals surface area (Å²) < 4.78 is 0. The lowest BCUT2D eigenvalue weighted by Gasteiger charge is -2.06. The third-order valence-electron chi connectivity index (χ3n) is 2.66. The average molecular weight is 300 g/mol. The molecule has 0 fully saturated rings. The Bertz CT molecular complexity index is 514. The van der Waals surface area contributed by atoms with Gasteiger partial charge < -0.3 is 0 Å². The van der Waals surface area contributed by atoms with Crippen LogP contribution in [-0.4, -0.2) is 10.1 Å². The molecule has 2 aromatic carbocycles. The monoisotopic (exact) mass is 300 g/mol. The van der Waals surface area contributed by atoms with Crippen molar-refractivity contribution in [3.05, 3.63) is 71.8 Å². The average Bonchev–Trinajstić information content (AvgIpc) is 2.52. The Morgan fingerprint density at radius 1 is 0.650 bits per heavy atom. The van der Waals surface area contributed by atoms with Crippen LogP contribution in [0, 0.1) is 10.8 Å². The Morgan fingerprint density at radius 3 is 1.35 bits per heavy atom. The van der Waals surface area contributed by atoms with E-state index in [4.69, 9.17) is 10.8 Å². The van der Waals surface area contributed by atoms with Gasteiger partial charge in [-0.05, 0) is 11.1 Å². The molecule has 0 aliphatic heterocycles. The number of nitrogens with one attached hydrogen (secondary N) is 2. The van der Waals surface area contributed by atoms with E-state index in [0.717, 1.165) is 11.5 Å². The molecule has 0 heterocycles. The van der Waals surface area contributed by atoms with Gasteiger partial charge in [-0.2, -0.15) is 0 Å². The van der Waals surface area contributed by atoms with Crippen molar-refractivity contribution in [1.29, 1.82) is 10.8 Å². The second-order valence-electron chi connectivity index (χ2n) is 4.21. The summed E-state index contributed by atoms with van der Waals surface area (Å²) in [5, 5.41) is 16.5. The van der Waals surface area contributed by atoms with Crippen LogP contribution in [0.5, 0.6) is 0 Å². The Hall–Kier alpha value is -1.52. The zero-order chi connectivity index (χ0) is 14.2. The van der Waals surface area contributed by atoms with E-state index in [1.165, 1.54) is 34.7 Å². The SMILES string of the molecule is N=C(SCc1ccccc1)C(=N)SCc1ccccc1. The molecule has 0 atom stereocenters. The Morgan fingerprint density at radius 2 is 1.00 bits per heavy atom.